The molecule has 2 heteroatoms. The first-order valence-electron chi connectivity index (χ1n) is 9.31. The summed E-state index contributed by atoms with van der Waals surface area (Å²) in [5, 5.41) is 0. The van der Waals surface area contributed by atoms with E-state index >= 15 is 0 Å². The number of hydrogen-bond donors (Lipinski definition) is 0. The monoisotopic (exact) mass is 317 g/mol. The Morgan fingerprint density at radius 1 is 1.13 bits per heavy atom. The van der Waals surface area contributed by atoms with E-state index in [0.717, 1.165) is 31.6 Å². The van der Waals surface area contributed by atoms with Gasteiger partial charge in [-0.1, -0.05) is 58.0 Å². The highest BCUT2D eigenvalue weighted by molar-refractivity contribution is 5.14. The zero-order chi connectivity index (χ0) is 16.7. The van der Waals surface area contributed by atoms with Crippen molar-refractivity contribution in [2.24, 2.45) is 17.3 Å². The average Bonchev–Trinajstić information content (AvgIpc) is 2.53. The lowest BCUT2D eigenvalue weighted by molar-refractivity contribution is 0.00183. The van der Waals surface area contributed by atoms with Crippen LogP contribution in [0, 0.1) is 17.3 Å². The Labute approximate surface area is 143 Å². The standard InChI is InChI=1S/C21H35NO/c1-18(2)12-15-23-17-21(3,4)20-10-13-22(14-11-20)16-19-8-6-5-7-9-19/h5-9,18,20H,10-17H2,1-4H3. The summed E-state index contributed by atoms with van der Waals surface area (Å²) in [5.41, 5.74) is 1.73. The van der Waals surface area contributed by atoms with E-state index in [1.807, 2.05) is 0 Å². The van der Waals surface area contributed by atoms with Gasteiger partial charge in [-0.3, -0.25) is 4.90 Å². The fraction of sp³-hybridized carbons (Fsp3) is 0.714. The molecule has 1 fully saturated rings. The van der Waals surface area contributed by atoms with Crippen molar-refractivity contribution < 1.29 is 4.74 Å². The third kappa shape index (κ3) is 6.27. The van der Waals surface area contributed by atoms with Gasteiger partial charge in [-0.25, -0.2) is 0 Å². The van der Waals surface area contributed by atoms with Gasteiger partial charge in [0.05, 0.1) is 6.61 Å². The minimum atomic E-state index is 0.301. The first kappa shape index (κ1) is 18.5. The number of piperidine rings is 1. The van der Waals surface area contributed by atoms with E-state index in [9.17, 15) is 0 Å². The van der Waals surface area contributed by atoms with Gasteiger partial charge in [0.15, 0.2) is 0 Å². The van der Waals surface area contributed by atoms with Gasteiger partial charge < -0.3 is 4.74 Å². The van der Waals surface area contributed by atoms with Crippen molar-refractivity contribution in [1.82, 2.24) is 4.90 Å². The van der Waals surface area contributed by atoms with Crippen LogP contribution in [-0.4, -0.2) is 31.2 Å². The average molecular weight is 318 g/mol. The topological polar surface area (TPSA) is 12.5 Å². The van der Waals surface area contributed by atoms with Crippen LogP contribution in [0.4, 0.5) is 0 Å². The highest BCUT2D eigenvalue weighted by Gasteiger charge is 2.32. The summed E-state index contributed by atoms with van der Waals surface area (Å²) in [4.78, 5) is 2.60. The molecule has 1 aromatic rings. The van der Waals surface area contributed by atoms with E-state index in [2.05, 4.69) is 62.9 Å². The van der Waals surface area contributed by atoms with Crippen LogP contribution in [-0.2, 0) is 11.3 Å². The molecule has 0 radical (unpaired) electrons. The lowest BCUT2D eigenvalue weighted by Gasteiger charge is -2.40. The zero-order valence-electron chi connectivity index (χ0n) is 15.6. The van der Waals surface area contributed by atoms with Gasteiger partial charge in [-0.05, 0) is 55.2 Å². The molecule has 1 aliphatic rings. The predicted molar refractivity (Wildman–Crippen MR) is 98.5 cm³/mol. The molecule has 0 aromatic heterocycles. The van der Waals surface area contributed by atoms with Crippen LogP contribution in [0.5, 0.6) is 0 Å². The first-order chi connectivity index (χ1) is 11.0. The van der Waals surface area contributed by atoms with Crippen LogP contribution >= 0.6 is 0 Å². The van der Waals surface area contributed by atoms with Crippen LogP contribution in [0.15, 0.2) is 30.3 Å². The second kappa shape index (κ2) is 8.84. The molecule has 1 heterocycles. The molecule has 0 amide bonds. The molecule has 0 N–H and O–H groups in total. The van der Waals surface area contributed by atoms with Crippen molar-refractivity contribution >= 4 is 0 Å². The molecule has 1 saturated heterocycles. The van der Waals surface area contributed by atoms with Crippen molar-refractivity contribution in [3.8, 4) is 0 Å². The van der Waals surface area contributed by atoms with Gasteiger partial charge in [0.1, 0.15) is 0 Å². The number of likely N-dealkylation sites (tertiary alicyclic amines) is 1. The highest BCUT2D eigenvalue weighted by atomic mass is 16.5. The number of nitrogens with zero attached hydrogens (tertiary/aromatic N) is 1. The second-order valence-electron chi connectivity index (χ2n) is 8.26. The summed E-state index contributed by atoms with van der Waals surface area (Å²) in [5.74, 6) is 1.52. The van der Waals surface area contributed by atoms with Gasteiger partial charge in [-0.2, -0.15) is 0 Å². The lowest BCUT2D eigenvalue weighted by atomic mass is 9.74. The maximum Gasteiger partial charge on any atom is 0.0519 e. The molecular formula is C21H35NO. The predicted octanol–water partition coefficient (Wildman–Crippen LogP) is 4.99. The summed E-state index contributed by atoms with van der Waals surface area (Å²) in [6.45, 7) is 14.6. The van der Waals surface area contributed by atoms with Crippen molar-refractivity contribution in [2.75, 3.05) is 26.3 Å². The SMILES string of the molecule is CC(C)CCOCC(C)(C)C1CCN(Cc2ccccc2)CC1. The van der Waals surface area contributed by atoms with Crippen LogP contribution in [0.3, 0.4) is 0 Å². The van der Waals surface area contributed by atoms with Crippen LogP contribution < -0.4 is 0 Å². The van der Waals surface area contributed by atoms with E-state index < -0.39 is 0 Å². The zero-order valence-corrected chi connectivity index (χ0v) is 15.6. The molecule has 23 heavy (non-hydrogen) atoms. The normalized spacial score (nSPS) is 17.8. The summed E-state index contributed by atoms with van der Waals surface area (Å²) in [7, 11) is 0. The number of benzene rings is 1. The molecule has 0 bridgehead atoms. The number of rotatable bonds is 8. The van der Waals surface area contributed by atoms with Crippen LogP contribution in [0.1, 0.15) is 52.5 Å². The van der Waals surface area contributed by atoms with Gasteiger partial charge in [0.25, 0.3) is 0 Å². The Bertz CT molecular complexity index is 432. The molecule has 1 aromatic carbocycles. The Kier molecular flexibility index (Phi) is 7.10. The van der Waals surface area contributed by atoms with E-state index in [-0.39, 0.29) is 0 Å². The number of ether oxygens (including phenoxy) is 1. The Hall–Kier alpha value is -0.860. The van der Waals surface area contributed by atoms with E-state index in [4.69, 9.17) is 4.74 Å². The largest absolute Gasteiger partial charge is 0.381 e. The fourth-order valence-electron chi connectivity index (χ4n) is 3.49. The molecule has 2 rings (SSSR count). The maximum absolute atomic E-state index is 5.97. The van der Waals surface area contributed by atoms with E-state index in [1.165, 1.54) is 37.9 Å². The Morgan fingerprint density at radius 2 is 1.78 bits per heavy atom. The maximum atomic E-state index is 5.97. The summed E-state index contributed by atoms with van der Waals surface area (Å²) in [6, 6.07) is 10.8. The first-order valence-corrected chi connectivity index (χ1v) is 9.31. The van der Waals surface area contributed by atoms with Crippen molar-refractivity contribution in [3.05, 3.63) is 35.9 Å². The summed E-state index contributed by atoms with van der Waals surface area (Å²) >= 11 is 0. The van der Waals surface area contributed by atoms with E-state index in [0.29, 0.717) is 5.41 Å². The third-order valence-corrected chi connectivity index (χ3v) is 5.26. The quantitative estimate of drug-likeness (QED) is 0.626. The molecule has 0 unspecified atom stereocenters. The minimum Gasteiger partial charge on any atom is -0.381 e. The molecule has 1 aliphatic heterocycles. The molecular weight excluding hydrogens is 282 g/mol. The number of hydrogen-bond acceptors (Lipinski definition) is 2. The highest BCUT2D eigenvalue weighted by Crippen LogP contribution is 2.35. The summed E-state index contributed by atoms with van der Waals surface area (Å²) < 4.78 is 5.97. The molecule has 130 valence electrons. The van der Waals surface area contributed by atoms with Gasteiger partial charge >= 0.3 is 0 Å². The molecule has 0 saturated carbocycles. The molecule has 0 spiro atoms. The lowest BCUT2D eigenvalue weighted by Crippen LogP contribution is -2.40. The van der Waals surface area contributed by atoms with Gasteiger partial charge in [-0.15, -0.1) is 0 Å². The van der Waals surface area contributed by atoms with Crippen molar-refractivity contribution in [1.29, 1.82) is 0 Å². The molecule has 2 nitrogen and oxygen atoms in total. The minimum absolute atomic E-state index is 0.301. The summed E-state index contributed by atoms with van der Waals surface area (Å²) in [6.07, 6.45) is 3.77. The van der Waals surface area contributed by atoms with Crippen molar-refractivity contribution in [2.45, 2.75) is 53.5 Å². The second-order valence-corrected chi connectivity index (χ2v) is 8.26. The molecule has 0 aliphatic carbocycles. The van der Waals surface area contributed by atoms with Gasteiger partial charge in [0.2, 0.25) is 0 Å². The van der Waals surface area contributed by atoms with Gasteiger partial charge in [0, 0.05) is 13.2 Å². The third-order valence-electron chi connectivity index (χ3n) is 5.26. The Balaban J connectivity index is 1.72. The van der Waals surface area contributed by atoms with Crippen LogP contribution in [0.25, 0.3) is 0 Å². The van der Waals surface area contributed by atoms with E-state index in [1.54, 1.807) is 0 Å². The fourth-order valence-corrected chi connectivity index (χ4v) is 3.49. The Morgan fingerprint density at radius 3 is 2.39 bits per heavy atom. The molecule has 0 atom stereocenters. The smallest absolute Gasteiger partial charge is 0.0519 e. The van der Waals surface area contributed by atoms with Crippen molar-refractivity contribution in [3.63, 3.8) is 0 Å². The van der Waals surface area contributed by atoms with Crippen LogP contribution in [0.2, 0.25) is 0 Å².